The maximum atomic E-state index is 11.9. The number of H-pyrrole nitrogens is 1. The molecule has 22 heavy (non-hydrogen) atoms. The van der Waals surface area contributed by atoms with E-state index in [1.165, 1.54) is 18.1 Å². The second kappa shape index (κ2) is 5.70. The van der Waals surface area contributed by atoms with Crippen molar-refractivity contribution < 1.29 is 14.3 Å². The maximum Gasteiger partial charge on any atom is 0.308 e. The number of esters is 1. The summed E-state index contributed by atoms with van der Waals surface area (Å²) in [6.45, 7) is 4.81. The summed E-state index contributed by atoms with van der Waals surface area (Å²) in [5.41, 5.74) is 2.70. The van der Waals surface area contributed by atoms with Gasteiger partial charge in [0.2, 0.25) is 0 Å². The molecule has 1 aromatic heterocycles. The first-order chi connectivity index (χ1) is 10.5. The van der Waals surface area contributed by atoms with Crippen LogP contribution in [0.2, 0.25) is 0 Å². The molecule has 1 aliphatic rings. The number of carbonyl (C=O) groups is 1. The van der Waals surface area contributed by atoms with Crippen molar-refractivity contribution in [2.24, 2.45) is 0 Å². The van der Waals surface area contributed by atoms with E-state index in [9.17, 15) is 4.79 Å². The van der Waals surface area contributed by atoms with Crippen LogP contribution in [-0.2, 0) is 19.9 Å². The highest BCUT2D eigenvalue weighted by Gasteiger charge is 2.43. The zero-order valence-electron chi connectivity index (χ0n) is 13.0. The highest BCUT2D eigenvalue weighted by molar-refractivity contribution is 9.10. The predicted octanol–water partition coefficient (Wildman–Crippen LogP) is 4.23. The van der Waals surface area contributed by atoms with Crippen molar-refractivity contribution in [3.8, 4) is 0 Å². The molecule has 0 spiro atoms. The molecule has 0 amide bonds. The minimum atomic E-state index is -0.632. The lowest BCUT2D eigenvalue weighted by molar-refractivity contribution is -0.153. The molecule has 0 radical (unpaired) electrons. The number of hydrogen-bond donors (Lipinski definition) is 1. The second-order valence-electron chi connectivity index (χ2n) is 5.89. The highest BCUT2D eigenvalue weighted by Crippen LogP contribution is 2.46. The topological polar surface area (TPSA) is 51.3 Å². The molecule has 2 heterocycles. The number of ether oxygens (including phenoxy) is 2. The van der Waals surface area contributed by atoms with Gasteiger partial charge >= 0.3 is 5.97 Å². The van der Waals surface area contributed by atoms with Gasteiger partial charge in [0, 0.05) is 15.8 Å². The summed E-state index contributed by atoms with van der Waals surface area (Å²) < 4.78 is 12.0. The Morgan fingerprint density at radius 1 is 1.55 bits per heavy atom. The van der Waals surface area contributed by atoms with E-state index < -0.39 is 5.60 Å². The summed E-state index contributed by atoms with van der Waals surface area (Å²) in [5.74, 6) is 0.0375. The average Bonchev–Trinajstić information content (AvgIpc) is 2.92. The van der Waals surface area contributed by atoms with Crippen molar-refractivity contribution in [3.63, 3.8) is 0 Å². The highest BCUT2D eigenvalue weighted by atomic mass is 79.9. The molecule has 1 aliphatic heterocycles. The number of benzene rings is 1. The van der Waals surface area contributed by atoms with Crippen LogP contribution < -0.4 is 0 Å². The van der Waals surface area contributed by atoms with Crippen LogP contribution in [0.5, 0.6) is 0 Å². The van der Waals surface area contributed by atoms with Crippen LogP contribution in [0.4, 0.5) is 0 Å². The number of halogens is 1. The standard InChI is InChI=1S/C17H20BrNO3/c1-4-17(8-13(20)21-3)16-14(10(2)9-22-17)11-6-5-7-12(18)15(11)19-16/h5-7,10,19H,4,8-9H2,1-3H3. The molecule has 0 aliphatic carbocycles. The van der Waals surface area contributed by atoms with Gasteiger partial charge in [0.1, 0.15) is 5.60 Å². The third kappa shape index (κ3) is 2.27. The van der Waals surface area contributed by atoms with E-state index in [2.05, 4.69) is 33.9 Å². The second-order valence-corrected chi connectivity index (χ2v) is 6.74. The smallest absolute Gasteiger partial charge is 0.308 e. The summed E-state index contributed by atoms with van der Waals surface area (Å²) in [4.78, 5) is 15.4. The van der Waals surface area contributed by atoms with Gasteiger partial charge in [-0.05, 0) is 34.0 Å². The van der Waals surface area contributed by atoms with Gasteiger partial charge in [0.05, 0.1) is 31.3 Å². The molecule has 5 heteroatoms. The van der Waals surface area contributed by atoms with Crippen LogP contribution in [0.15, 0.2) is 22.7 Å². The molecule has 1 N–H and O–H groups in total. The number of aromatic nitrogens is 1. The van der Waals surface area contributed by atoms with Crippen LogP contribution in [-0.4, -0.2) is 24.7 Å². The SMILES string of the molecule is CCC1(CC(=O)OC)OCC(C)c2c1[nH]c1c(Br)cccc21. The molecule has 2 unspecified atom stereocenters. The molecule has 1 aromatic carbocycles. The van der Waals surface area contributed by atoms with Gasteiger partial charge in [-0.25, -0.2) is 0 Å². The van der Waals surface area contributed by atoms with E-state index in [0.29, 0.717) is 13.0 Å². The van der Waals surface area contributed by atoms with Gasteiger partial charge < -0.3 is 14.5 Å². The van der Waals surface area contributed by atoms with Crippen LogP contribution >= 0.6 is 15.9 Å². The fourth-order valence-electron chi connectivity index (χ4n) is 3.36. The van der Waals surface area contributed by atoms with Crippen molar-refractivity contribution in [2.75, 3.05) is 13.7 Å². The van der Waals surface area contributed by atoms with Crippen LogP contribution in [0.1, 0.15) is 43.9 Å². The number of fused-ring (bicyclic) bond motifs is 3. The van der Waals surface area contributed by atoms with Crippen molar-refractivity contribution >= 4 is 32.8 Å². The normalized spacial score (nSPS) is 24.3. The Kier molecular flexibility index (Phi) is 4.03. The number of nitrogens with one attached hydrogen (secondary N) is 1. The Hall–Kier alpha value is -1.33. The summed E-state index contributed by atoms with van der Waals surface area (Å²) in [7, 11) is 1.42. The predicted molar refractivity (Wildman–Crippen MR) is 89.0 cm³/mol. The van der Waals surface area contributed by atoms with E-state index in [4.69, 9.17) is 9.47 Å². The number of para-hydroxylation sites is 1. The van der Waals surface area contributed by atoms with E-state index in [0.717, 1.165) is 15.7 Å². The Labute approximate surface area is 138 Å². The quantitative estimate of drug-likeness (QED) is 0.827. The Morgan fingerprint density at radius 2 is 2.32 bits per heavy atom. The third-order valence-corrected chi connectivity index (χ3v) is 5.27. The molecule has 118 valence electrons. The van der Waals surface area contributed by atoms with Crippen LogP contribution in [0, 0.1) is 0 Å². The van der Waals surface area contributed by atoms with Crippen molar-refractivity contribution in [1.29, 1.82) is 0 Å². The van der Waals surface area contributed by atoms with Crippen LogP contribution in [0.3, 0.4) is 0 Å². The van der Waals surface area contributed by atoms with Crippen molar-refractivity contribution in [1.82, 2.24) is 4.98 Å². The number of hydrogen-bond acceptors (Lipinski definition) is 3. The first-order valence-corrected chi connectivity index (χ1v) is 8.33. The first kappa shape index (κ1) is 15.6. The molecule has 0 bridgehead atoms. The van der Waals surface area contributed by atoms with Gasteiger partial charge in [-0.3, -0.25) is 4.79 Å². The van der Waals surface area contributed by atoms with E-state index in [-0.39, 0.29) is 18.3 Å². The van der Waals surface area contributed by atoms with Gasteiger partial charge in [0.15, 0.2) is 0 Å². The number of carbonyl (C=O) groups excluding carboxylic acids is 1. The average molecular weight is 366 g/mol. The minimum Gasteiger partial charge on any atom is -0.469 e. The van der Waals surface area contributed by atoms with E-state index >= 15 is 0 Å². The Morgan fingerprint density at radius 3 is 3.00 bits per heavy atom. The zero-order valence-corrected chi connectivity index (χ0v) is 14.6. The summed E-state index contributed by atoms with van der Waals surface area (Å²) in [6, 6.07) is 6.18. The van der Waals surface area contributed by atoms with Gasteiger partial charge in [-0.2, -0.15) is 0 Å². The largest absolute Gasteiger partial charge is 0.469 e. The lowest BCUT2D eigenvalue weighted by Crippen LogP contribution is -2.38. The molecule has 0 fully saturated rings. The Bertz CT molecular complexity index is 724. The van der Waals surface area contributed by atoms with E-state index in [1.54, 1.807) is 0 Å². The number of aromatic amines is 1. The molecule has 0 saturated heterocycles. The molecule has 2 atom stereocenters. The van der Waals surface area contributed by atoms with Crippen LogP contribution in [0.25, 0.3) is 10.9 Å². The molecule has 4 nitrogen and oxygen atoms in total. The lowest BCUT2D eigenvalue weighted by atomic mass is 9.83. The van der Waals surface area contributed by atoms with Gasteiger partial charge in [-0.15, -0.1) is 0 Å². The molecular weight excluding hydrogens is 346 g/mol. The van der Waals surface area contributed by atoms with Crippen molar-refractivity contribution in [3.05, 3.63) is 33.9 Å². The maximum absolute atomic E-state index is 11.9. The van der Waals surface area contributed by atoms with E-state index in [1.807, 2.05) is 19.1 Å². The zero-order chi connectivity index (χ0) is 15.9. The molecule has 3 rings (SSSR count). The fourth-order valence-corrected chi connectivity index (χ4v) is 3.83. The summed E-state index contributed by atoms with van der Waals surface area (Å²) >= 11 is 3.60. The first-order valence-electron chi connectivity index (χ1n) is 7.53. The number of rotatable bonds is 3. The molecule has 0 saturated carbocycles. The third-order valence-electron chi connectivity index (χ3n) is 4.61. The summed E-state index contributed by atoms with van der Waals surface area (Å²) in [5, 5.41) is 1.20. The molecule has 2 aromatic rings. The lowest BCUT2D eigenvalue weighted by Gasteiger charge is -2.38. The number of methoxy groups -OCH3 is 1. The summed E-state index contributed by atoms with van der Waals surface area (Å²) in [6.07, 6.45) is 0.941. The van der Waals surface area contributed by atoms with Gasteiger partial charge in [0.25, 0.3) is 0 Å². The van der Waals surface area contributed by atoms with Crippen molar-refractivity contribution in [2.45, 2.75) is 38.2 Å². The molecular formula is C17H20BrNO3. The minimum absolute atomic E-state index is 0.226. The fraction of sp³-hybridized carbons (Fsp3) is 0.471. The van der Waals surface area contributed by atoms with Gasteiger partial charge in [-0.1, -0.05) is 26.0 Å². The Balaban J connectivity index is 2.23. The monoisotopic (exact) mass is 365 g/mol.